The SMILES string of the molecule is CN1CC(n2c(Cn3cncn3)nc3cnc4ccc(F)cc4c32)C(F)(F)C1. The Morgan fingerprint density at radius 3 is 2.82 bits per heavy atom. The molecule has 0 aliphatic carbocycles. The first-order valence-electron chi connectivity index (χ1n) is 8.76. The predicted molar refractivity (Wildman–Crippen MR) is 95.6 cm³/mol. The van der Waals surface area contributed by atoms with Gasteiger partial charge in [-0.1, -0.05) is 0 Å². The summed E-state index contributed by atoms with van der Waals surface area (Å²) in [5.74, 6) is -3.01. The largest absolute Gasteiger partial charge is 0.315 e. The van der Waals surface area contributed by atoms with E-state index in [1.165, 1.54) is 46.3 Å². The average Bonchev–Trinajstić information content (AvgIpc) is 3.32. The van der Waals surface area contributed by atoms with Gasteiger partial charge in [0.25, 0.3) is 5.92 Å². The van der Waals surface area contributed by atoms with Gasteiger partial charge >= 0.3 is 0 Å². The van der Waals surface area contributed by atoms with E-state index >= 15 is 0 Å². The minimum atomic E-state index is -2.96. The molecular formula is C18H16F3N7. The second-order valence-electron chi connectivity index (χ2n) is 7.12. The van der Waals surface area contributed by atoms with E-state index in [1.54, 1.807) is 11.9 Å². The minimum absolute atomic E-state index is 0.155. The van der Waals surface area contributed by atoms with Gasteiger partial charge in [0, 0.05) is 11.9 Å². The average molecular weight is 387 g/mol. The van der Waals surface area contributed by atoms with Crippen molar-refractivity contribution in [1.29, 1.82) is 0 Å². The van der Waals surface area contributed by atoms with Crippen molar-refractivity contribution in [2.45, 2.75) is 18.5 Å². The molecule has 1 fully saturated rings. The van der Waals surface area contributed by atoms with Crippen LogP contribution in [0.25, 0.3) is 21.9 Å². The summed E-state index contributed by atoms with van der Waals surface area (Å²) in [6, 6.07) is 3.03. The molecule has 0 radical (unpaired) electrons. The number of pyridine rings is 1. The Morgan fingerprint density at radius 2 is 2.11 bits per heavy atom. The highest BCUT2D eigenvalue weighted by atomic mass is 19.3. The number of likely N-dealkylation sites (N-methyl/N-ethyl adjacent to an activating group) is 1. The standard InChI is InChI=1S/C18H16F3N7/c1-26-6-15(18(20,21)8-26)28-16(7-27-10-22-9-24-27)25-14-5-23-13-3-2-11(19)4-12(13)17(14)28/h2-5,9-10,15H,6-8H2,1H3. The molecule has 0 bridgehead atoms. The molecule has 1 atom stereocenters. The van der Waals surface area contributed by atoms with Crippen molar-refractivity contribution in [3.63, 3.8) is 0 Å². The van der Waals surface area contributed by atoms with Crippen LogP contribution in [0.1, 0.15) is 11.9 Å². The van der Waals surface area contributed by atoms with E-state index in [1.807, 2.05) is 0 Å². The molecule has 0 N–H and O–H groups in total. The van der Waals surface area contributed by atoms with Crippen molar-refractivity contribution < 1.29 is 13.2 Å². The molecule has 5 rings (SSSR count). The third-order valence-electron chi connectivity index (χ3n) is 5.09. The van der Waals surface area contributed by atoms with E-state index in [0.29, 0.717) is 27.8 Å². The van der Waals surface area contributed by atoms with Crippen molar-refractivity contribution in [2.75, 3.05) is 20.1 Å². The zero-order chi connectivity index (χ0) is 19.5. The van der Waals surface area contributed by atoms with Crippen LogP contribution in [0.15, 0.2) is 37.1 Å². The Morgan fingerprint density at radius 1 is 1.25 bits per heavy atom. The highest BCUT2D eigenvalue weighted by Gasteiger charge is 2.49. The van der Waals surface area contributed by atoms with Gasteiger partial charge in [-0.3, -0.25) is 9.88 Å². The third kappa shape index (κ3) is 2.63. The maximum Gasteiger partial charge on any atom is 0.282 e. The van der Waals surface area contributed by atoms with E-state index in [0.717, 1.165) is 0 Å². The first kappa shape index (κ1) is 17.1. The number of rotatable bonds is 3. The number of likely N-dealkylation sites (tertiary alicyclic amines) is 1. The molecule has 0 spiro atoms. The fraction of sp³-hybridized carbons (Fsp3) is 0.333. The van der Waals surface area contributed by atoms with Crippen LogP contribution in [0.3, 0.4) is 0 Å². The molecule has 10 heteroatoms. The molecule has 1 aliphatic heterocycles. The van der Waals surface area contributed by atoms with Crippen molar-refractivity contribution in [3.8, 4) is 0 Å². The molecule has 1 aromatic carbocycles. The predicted octanol–water partition coefficient (Wildman–Crippen LogP) is 2.49. The summed E-state index contributed by atoms with van der Waals surface area (Å²) >= 11 is 0. The van der Waals surface area contributed by atoms with Crippen molar-refractivity contribution in [2.24, 2.45) is 0 Å². The monoisotopic (exact) mass is 387 g/mol. The molecule has 4 heterocycles. The second kappa shape index (κ2) is 5.99. The number of benzene rings is 1. The molecule has 0 amide bonds. The molecule has 1 saturated heterocycles. The Kier molecular flexibility index (Phi) is 3.66. The van der Waals surface area contributed by atoms with Gasteiger partial charge in [-0.05, 0) is 25.2 Å². The Bertz CT molecular complexity index is 1170. The number of halogens is 3. The van der Waals surface area contributed by atoms with Crippen molar-refractivity contribution >= 4 is 21.9 Å². The second-order valence-corrected chi connectivity index (χ2v) is 7.12. The summed E-state index contributed by atoms with van der Waals surface area (Å²) in [5.41, 5.74) is 1.43. The topological polar surface area (TPSA) is 64.7 Å². The zero-order valence-corrected chi connectivity index (χ0v) is 14.9. The number of imidazole rings is 1. The van der Waals surface area contributed by atoms with Crippen molar-refractivity contribution in [1.82, 2.24) is 34.2 Å². The minimum Gasteiger partial charge on any atom is -0.315 e. The molecule has 28 heavy (non-hydrogen) atoms. The van der Waals surface area contributed by atoms with Gasteiger partial charge in [-0.2, -0.15) is 5.10 Å². The number of aromatic nitrogens is 6. The summed E-state index contributed by atoms with van der Waals surface area (Å²) in [6.07, 6.45) is 4.41. The van der Waals surface area contributed by atoms with Crippen LogP contribution in [0.4, 0.5) is 13.2 Å². The summed E-state index contributed by atoms with van der Waals surface area (Å²) in [6.45, 7) is -0.0266. The lowest BCUT2D eigenvalue weighted by Gasteiger charge is -2.22. The van der Waals surface area contributed by atoms with Crippen LogP contribution in [0.5, 0.6) is 0 Å². The molecule has 7 nitrogen and oxygen atoms in total. The summed E-state index contributed by atoms with van der Waals surface area (Å²) in [7, 11) is 1.66. The fourth-order valence-corrected chi connectivity index (χ4v) is 3.93. The van der Waals surface area contributed by atoms with Crippen LogP contribution in [0.2, 0.25) is 0 Å². The van der Waals surface area contributed by atoms with E-state index in [2.05, 4.69) is 20.1 Å². The highest BCUT2D eigenvalue weighted by Crippen LogP contribution is 2.40. The maximum atomic E-state index is 14.9. The number of hydrogen-bond acceptors (Lipinski definition) is 5. The van der Waals surface area contributed by atoms with Crippen molar-refractivity contribution in [3.05, 3.63) is 48.7 Å². The third-order valence-corrected chi connectivity index (χ3v) is 5.09. The first-order valence-corrected chi connectivity index (χ1v) is 8.76. The lowest BCUT2D eigenvalue weighted by Crippen LogP contribution is -2.31. The quantitative estimate of drug-likeness (QED) is 0.540. The summed E-state index contributed by atoms with van der Waals surface area (Å²) in [5, 5.41) is 4.51. The zero-order valence-electron chi connectivity index (χ0n) is 14.9. The van der Waals surface area contributed by atoms with Crippen LogP contribution in [-0.4, -0.2) is 60.3 Å². The Hall–Kier alpha value is -3.01. The number of fused-ring (bicyclic) bond motifs is 3. The summed E-state index contributed by atoms with van der Waals surface area (Å²) < 4.78 is 46.8. The number of hydrogen-bond donors (Lipinski definition) is 0. The fourth-order valence-electron chi connectivity index (χ4n) is 3.93. The molecule has 0 saturated carbocycles. The lowest BCUT2D eigenvalue weighted by molar-refractivity contribution is -0.0202. The summed E-state index contributed by atoms with van der Waals surface area (Å²) in [4.78, 5) is 14.3. The Labute approximate surface area is 157 Å². The van der Waals surface area contributed by atoms with E-state index in [4.69, 9.17) is 0 Å². The van der Waals surface area contributed by atoms with Crippen LogP contribution in [0, 0.1) is 5.82 Å². The molecule has 144 valence electrons. The molecule has 4 aromatic rings. The first-order chi connectivity index (χ1) is 13.4. The number of alkyl halides is 2. The molecule has 3 aromatic heterocycles. The smallest absolute Gasteiger partial charge is 0.282 e. The van der Waals surface area contributed by atoms with E-state index in [9.17, 15) is 13.2 Å². The van der Waals surface area contributed by atoms with Gasteiger partial charge < -0.3 is 4.57 Å². The van der Waals surface area contributed by atoms with Gasteiger partial charge in [0.1, 0.15) is 42.4 Å². The maximum absolute atomic E-state index is 14.9. The lowest BCUT2D eigenvalue weighted by atomic mass is 10.1. The van der Waals surface area contributed by atoms with Gasteiger partial charge in [0.05, 0.1) is 23.8 Å². The van der Waals surface area contributed by atoms with E-state index < -0.39 is 17.8 Å². The van der Waals surface area contributed by atoms with Crippen LogP contribution >= 0.6 is 0 Å². The molecular weight excluding hydrogens is 371 g/mol. The number of nitrogens with zero attached hydrogens (tertiary/aromatic N) is 7. The normalized spacial score (nSPS) is 19.8. The van der Waals surface area contributed by atoms with Gasteiger partial charge in [0.2, 0.25) is 0 Å². The Balaban J connectivity index is 1.81. The molecule has 1 aliphatic rings. The van der Waals surface area contributed by atoms with Crippen LogP contribution in [-0.2, 0) is 6.54 Å². The highest BCUT2D eigenvalue weighted by molar-refractivity contribution is 6.02. The van der Waals surface area contributed by atoms with Gasteiger partial charge in [-0.15, -0.1) is 0 Å². The molecule has 1 unspecified atom stereocenters. The van der Waals surface area contributed by atoms with E-state index in [-0.39, 0.29) is 19.6 Å². The van der Waals surface area contributed by atoms with Gasteiger partial charge in [-0.25, -0.2) is 27.8 Å². The van der Waals surface area contributed by atoms with Gasteiger partial charge in [0.15, 0.2) is 0 Å². The van der Waals surface area contributed by atoms with Crippen LogP contribution < -0.4 is 0 Å².